The lowest BCUT2D eigenvalue weighted by Gasteiger charge is -2.49. The molecule has 0 bridgehead atoms. The zero-order chi connectivity index (χ0) is 22.9. The van der Waals surface area contributed by atoms with Crippen molar-refractivity contribution in [1.29, 1.82) is 0 Å². The van der Waals surface area contributed by atoms with Crippen molar-refractivity contribution in [2.24, 2.45) is 0 Å². The zero-order valence-electron chi connectivity index (χ0n) is 19.8. The van der Waals surface area contributed by atoms with Crippen molar-refractivity contribution < 1.29 is 0 Å². The molecule has 1 heteroatoms. The first-order valence-electron chi connectivity index (χ1n) is 12.3. The molecule has 0 fully saturated rings. The molecule has 1 heterocycles. The van der Waals surface area contributed by atoms with Crippen LogP contribution in [-0.2, 0) is 5.41 Å². The van der Waals surface area contributed by atoms with Crippen LogP contribution in [0.25, 0.3) is 11.1 Å². The van der Waals surface area contributed by atoms with Gasteiger partial charge in [-0.2, -0.15) is 0 Å². The normalized spacial score (nSPS) is 18.3. The minimum absolute atomic E-state index is 0.368. The Kier molecular flexibility index (Phi) is 4.02. The van der Waals surface area contributed by atoms with Crippen LogP contribution in [0.2, 0.25) is 0 Å². The Hall–Kier alpha value is -3.68. The summed E-state index contributed by atoms with van der Waals surface area (Å²) in [4.78, 5) is 0. The lowest BCUT2D eigenvalue weighted by molar-refractivity contribution is 0.507. The van der Waals surface area contributed by atoms with E-state index in [1.165, 1.54) is 50.3 Å². The van der Waals surface area contributed by atoms with Crippen molar-refractivity contribution in [3.05, 3.63) is 143 Å². The maximum absolute atomic E-state index is 2.40. The second-order valence-corrected chi connectivity index (χ2v) is 10.2. The number of hydrogen-bond donors (Lipinski definition) is 0. The summed E-state index contributed by atoms with van der Waals surface area (Å²) in [5.41, 5.74) is 13.8. The number of benzene rings is 4. The van der Waals surface area contributed by atoms with Crippen molar-refractivity contribution in [3.63, 3.8) is 0 Å². The van der Waals surface area contributed by atoms with Gasteiger partial charge in [0.1, 0.15) is 11.4 Å². The van der Waals surface area contributed by atoms with E-state index in [0.29, 0.717) is 0 Å². The SMILES string of the molecule is C[N+]1(C)c2ccccc2C(c2ccccc2)(c2ccccc2)c2c1ccc1c2C2=C1C=CCC2. The van der Waals surface area contributed by atoms with E-state index in [1.807, 2.05) is 0 Å². The van der Waals surface area contributed by atoms with E-state index in [0.717, 1.165) is 17.3 Å². The third-order valence-electron chi connectivity index (χ3n) is 8.25. The van der Waals surface area contributed by atoms with E-state index in [1.54, 1.807) is 5.57 Å². The van der Waals surface area contributed by atoms with E-state index < -0.39 is 0 Å². The average molecular weight is 439 g/mol. The molecule has 0 amide bonds. The van der Waals surface area contributed by atoms with Gasteiger partial charge >= 0.3 is 0 Å². The van der Waals surface area contributed by atoms with Crippen LogP contribution < -0.4 is 4.48 Å². The van der Waals surface area contributed by atoms with E-state index in [4.69, 9.17) is 0 Å². The van der Waals surface area contributed by atoms with Crippen LogP contribution >= 0.6 is 0 Å². The standard InChI is InChI=1S/C33H28N/c1-34(2)29-20-12-11-19-28(29)33(23-13-5-3-6-14-23,24-15-7-4-8-16-24)32-30(34)22-21-27-25-17-9-10-18-26(25)31(27)32/h3-9,11-17,19-22H,10,18H2,1-2H3/q+1. The zero-order valence-corrected chi connectivity index (χ0v) is 19.8. The largest absolute Gasteiger partial charge is 0.263 e. The van der Waals surface area contributed by atoms with Crippen LogP contribution in [0.4, 0.5) is 11.4 Å². The van der Waals surface area contributed by atoms with Gasteiger partial charge in [-0.3, -0.25) is 4.48 Å². The molecule has 3 aliphatic rings. The molecule has 0 spiro atoms. The fourth-order valence-corrected chi connectivity index (χ4v) is 6.77. The number of allylic oxidation sites excluding steroid dienone is 4. The molecule has 0 saturated carbocycles. The molecule has 4 aromatic carbocycles. The Labute approximate surface area is 201 Å². The highest BCUT2D eigenvalue weighted by molar-refractivity contribution is 6.11. The Bertz CT molecular complexity index is 1460. The van der Waals surface area contributed by atoms with E-state index in [9.17, 15) is 0 Å². The summed E-state index contributed by atoms with van der Waals surface area (Å²) in [5, 5.41) is 0. The van der Waals surface area contributed by atoms with Gasteiger partial charge in [-0.15, -0.1) is 0 Å². The Balaban J connectivity index is 1.71. The van der Waals surface area contributed by atoms with Crippen molar-refractivity contribution in [2.45, 2.75) is 18.3 Å². The first-order valence-corrected chi connectivity index (χ1v) is 12.3. The van der Waals surface area contributed by atoms with Crippen molar-refractivity contribution in [1.82, 2.24) is 4.48 Å². The third kappa shape index (κ3) is 2.33. The fourth-order valence-electron chi connectivity index (χ4n) is 6.77. The summed E-state index contributed by atoms with van der Waals surface area (Å²) < 4.78 is 0.749. The second-order valence-electron chi connectivity index (χ2n) is 10.2. The van der Waals surface area contributed by atoms with Crippen LogP contribution in [-0.4, -0.2) is 14.1 Å². The van der Waals surface area contributed by atoms with Gasteiger partial charge in [0.25, 0.3) is 0 Å². The van der Waals surface area contributed by atoms with Gasteiger partial charge < -0.3 is 0 Å². The predicted octanol–water partition coefficient (Wildman–Crippen LogP) is 7.86. The Morgan fingerprint density at radius 1 is 0.676 bits per heavy atom. The number of rotatable bonds is 2. The molecule has 7 rings (SSSR count). The molecule has 164 valence electrons. The quantitative estimate of drug-likeness (QED) is 0.280. The van der Waals surface area contributed by atoms with E-state index in [-0.39, 0.29) is 5.41 Å². The van der Waals surface area contributed by atoms with Gasteiger partial charge in [-0.05, 0) is 58.4 Å². The molecule has 0 aromatic heterocycles. The average Bonchev–Trinajstić information content (AvgIpc) is 2.88. The summed E-state index contributed by atoms with van der Waals surface area (Å²) in [6.45, 7) is 0. The first-order chi connectivity index (χ1) is 16.6. The van der Waals surface area contributed by atoms with Crippen LogP contribution in [0.3, 0.4) is 0 Å². The molecule has 34 heavy (non-hydrogen) atoms. The molecule has 1 nitrogen and oxygen atoms in total. The highest BCUT2D eigenvalue weighted by atomic mass is 15.3. The van der Waals surface area contributed by atoms with Gasteiger partial charge in [-0.25, -0.2) is 0 Å². The van der Waals surface area contributed by atoms with Gasteiger partial charge in [0.2, 0.25) is 0 Å². The second kappa shape index (κ2) is 6.91. The van der Waals surface area contributed by atoms with Gasteiger partial charge in [0.15, 0.2) is 0 Å². The smallest absolute Gasteiger partial charge is 0.142 e. The molecule has 1 aliphatic heterocycles. The molecule has 2 aliphatic carbocycles. The number of hydrogen-bond acceptors (Lipinski definition) is 0. The summed E-state index contributed by atoms with van der Waals surface area (Å²) in [5.74, 6) is 0. The van der Waals surface area contributed by atoms with Crippen LogP contribution in [0.1, 0.15) is 46.2 Å². The van der Waals surface area contributed by atoms with Gasteiger partial charge in [0.05, 0.1) is 19.5 Å². The Morgan fingerprint density at radius 3 is 2.03 bits per heavy atom. The van der Waals surface area contributed by atoms with Gasteiger partial charge in [0, 0.05) is 17.2 Å². The molecule has 0 unspecified atom stereocenters. The third-order valence-corrected chi connectivity index (χ3v) is 8.25. The maximum Gasteiger partial charge on any atom is 0.142 e. The topological polar surface area (TPSA) is 0 Å². The molecule has 4 aromatic rings. The van der Waals surface area contributed by atoms with Crippen molar-refractivity contribution >= 4 is 22.5 Å². The molecule has 0 radical (unpaired) electrons. The molecule has 0 atom stereocenters. The van der Waals surface area contributed by atoms with Crippen LogP contribution in [0.15, 0.2) is 109 Å². The summed E-state index contributed by atoms with van der Waals surface area (Å²) in [7, 11) is 4.69. The minimum atomic E-state index is -0.368. The van der Waals surface area contributed by atoms with Crippen LogP contribution in [0.5, 0.6) is 0 Å². The molecule has 0 saturated heterocycles. The molecular weight excluding hydrogens is 410 g/mol. The van der Waals surface area contributed by atoms with E-state index >= 15 is 0 Å². The van der Waals surface area contributed by atoms with E-state index in [2.05, 4.69) is 123 Å². The summed E-state index contributed by atoms with van der Waals surface area (Å²) in [6.07, 6.45) is 6.93. The minimum Gasteiger partial charge on any atom is -0.263 e. The van der Waals surface area contributed by atoms with Crippen LogP contribution in [0, 0.1) is 0 Å². The predicted molar refractivity (Wildman–Crippen MR) is 143 cm³/mol. The lowest BCUT2D eigenvalue weighted by Crippen LogP contribution is -2.47. The van der Waals surface area contributed by atoms with Crippen molar-refractivity contribution in [2.75, 3.05) is 14.1 Å². The summed E-state index contributed by atoms with van der Waals surface area (Å²) in [6, 6.07) is 36.2. The molecular formula is C33H28N+. The highest BCUT2D eigenvalue weighted by Gasteiger charge is 2.54. The number of para-hydroxylation sites is 1. The fraction of sp³-hybridized carbons (Fsp3) is 0.152. The number of fused-ring (bicyclic) bond motifs is 6. The number of quaternary nitrogens is 1. The Morgan fingerprint density at radius 2 is 1.32 bits per heavy atom. The highest BCUT2D eigenvalue weighted by Crippen LogP contribution is 2.62. The maximum atomic E-state index is 2.40. The first kappa shape index (κ1) is 19.8. The van der Waals surface area contributed by atoms with Crippen molar-refractivity contribution in [3.8, 4) is 0 Å². The summed E-state index contributed by atoms with van der Waals surface area (Å²) >= 11 is 0. The molecule has 0 N–H and O–H groups in total. The lowest BCUT2D eigenvalue weighted by atomic mass is 9.57. The van der Waals surface area contributed by atoms with Gasteiger partial charge in [-0.1, -0.05) is 91.0 Å². The number of nitrogens with zero attached hydrogens (tertiary/aromatic N) is 1. The monoisotopic (exact) mass is 438 g/mol.